The van der Waals surface area contributed by atoms with E-state index in [0.717, 1.165) is 0 Å². The highest BCUT2D eigenvalue weighted by Gasteiger charge is 2.20. The van der Waals surface area contributed by atoms with E-state index in [-0.39, 0.29) is 11.7 Å². The third-order valence-corrected chi connectivity index (χ3v) is 1.63. The Morgan fingerprint density at radius 1 is 1.27 bits per heavy atom. The highest BCUT2D eigenvalue weighted by molar-refractivity contribution is 6.48. The van der Waals surface area contributed by atoms with Crippen molar-refractivity contribution in [1.29, 1.82) is 0 Å². The van der Waals surface area contributed by atoms with E-state index in [1.807, 2.05) is 13.8 Å². The van der Waals surface area contributed by atoms with Crippen LogP contribution >= 0.6 is 0 Å². The maximum absolute atomic E-state index is 11.1. The molecule has 58 valence electrons. The summed E-state index contributed by atoms with van der Waals surface area (Å²) in [5.41, 5.74) is 0.609. The van der Waals surface area contributed by atoms with E-state index in [1.165, 1.54) is 6.08 Å². The number of allylic oxidation sites excluding steroid dienone is 4. The van der Waals surface area contributed by atoms with E-state index >= 15 is 0 Å². The first kappa shape index (κ1) is 7.92. The molecule has 0 unspecified atom stereocenters. The van der Waals surface area contributed by atoms with Crippen LogP contribution in [0.2, 0.25) is 0 Å². The van der Waals surface area contributed by atoms with Crippen LogP contribution in [-0.2, 0) is 9.59 Å². The molecule has 0 fully saturated rings. The minimum absolute atomic E-state index is 0.136. The van der Waals surface area contributed by atoms with E-state index in [0.29, 0.717) is 5.57 Å². The van der Waals surface area contributed by atoms with Crippen LogP contribution in [0.25, 0.3) is 0 Å². The summed E-state index contributed by atoms with van der Waals surface area (Å²) in [6, 6.07) is 0. The minimum atomic E-state index is -0.406. The molecule has 0 heterocycles. The Bertz CT molecular complexity index is 257. The van der Waals surface area contributed by atoms with Gasteiger partial charge in [-0.05, 0) is 12.0 Å². The summed E-state index contributed by atoms with van der Waals surface area (Å²) < 4.78 is 0. The summed E-state index contributed by atoms with van der Waals surface area (Å²) in [6.45, 7) is 3.80. The fourth-order valence-corrected chi connectivity index (χ4v) is 0.987. The monoisotopic (exact) mass is 150 g/mol. The Kier molecular flexibility index (Phi) is 2.03. The van der Waals surface area contributed by atoms with E-state index in [9.17, 15) is 9.59 Å². The van der Waals surface area contributed by atoms with Crippen LogP contribution in [0.3, 0.4) is 0 Å². The molecule has 0 atom stereocenters. The van der Waals surface area contributed by atoms with Crippen LogP contribution in [0.4, 0.5) is 0 Å². The quantitative estimate of drug-likeness (QED) is 0.416. The largest absolute Gasteiger partial charge is 0.286 e. The van der Waals surface area contributed by atoms with Gasteiger partial charge in [0.05, 0.1) is 0 Å². The van der Waals surface area contributed by atoms with Gasteiger partial charge in [0, 0.05) is 5.57 Å². The molecular weight excluding hydrogens is 140 g/mol. The number of Topliss-reactive ketones (excluding diaryl/α,β-unsaturated/α-hetero) is 1. The molecule has 0 aliphatic heterocycles. The Balaban J connectivity index is 2.96. The average molecular weight is 150 g/mol. The molecule has 0 aromatic carbocycles. The molecule has 0 aromatic heterocycles. The lowest BCUT2D eigenvalue weighted by atomic mass is 9.93. The molecule has 1 rings (SSSR count). The Hall–Kier alpha value is -1.18. The molecule has 1 aliphatic rings. The zero-order chi connectivity index (χ0) is 8.43. The summed E-state index contributed by atoms with van der Waals surface area (Å²) in [4.78, 5) is 21.9. The summed E-state index contributed by atoms with van der Waals surface area (Å²) in [5.74, 6) is -0.630. The Morgan fingerprint density at radius 2 is 1.91 bits per heavy atom. The average Bonchev–Trinajstić information content (AvgIpc) is 1.94. The summed E-state index contributed by atoms with van der Waals surface area (Å²) >= 11 is 0. The predicted octanol–water partition coefficient (Wildman–Crippen LogP) is 1.28. The highest BCUT2D eigenvalue weighted by Crippen LogP contribution is 2.14. The molecule has 0 bridgehead atoms. The van der Waals surface area contributed by atoms with Gasteiger partial charge in [0.1, 0.15) is 0 Å². The predicted molar refractivity (Wildman–Crippen MR) is 42.1 cm³/mol. The normalized spacial score (nSPS) is 17.5. The van der Waals surface area contributed by atoms with Crippen LogP contribution in [0.5, 0.6) is 0 Å². The molecular formula is C9H10O2. The van der Waals surface area contributed by atoms with Crippen molar-refractivity contribution in [3.63, 3.8) is 0 Å². The zero-order valence-electron chi connectivity index (χ0n) is 6.63. The number of ketones is 2. The van der Waals surface area contributed by atoms with Gasteiger partial charge in [-0.15, -0.1) is 0 Å². The van der Waals surface area contributed by atoms with Gasteiger partial charge in [-0.2, -0.15) is 0 Å². The second-order valence-electron chi connectivity index (χ2n) is 2.83. The summed E-state index contributed by atoms with van der Waals surface area (Å²) in [6.07, 6.45) is 4.63. The maximum atomic E-state index is 11.1. The standard InChI is InChI=1S/C9H10O2/c1-6(2)7-4-3-5-8(10)9(7)11/h3-6H,1-2H3. The van der Waals surface area contributed by atoms with Crippen LogP contribution in [0, 0.1) is 5.92 Å². The van der Waals surface area contributed by atoms with Gasteiger partial charge in [-0.3, -0.25) is 9.59 Å². The third kappa shape index (κ3) is 1.45. The fourth-order valence-electron chi connectivity index (χ4n) is 0.987. The second-order valence-corrected chi connectivity index (χ2v) is 2.83. The topological polar surface area (TPSA) is 34.1 Å². The van der Waals surface area contributed by atoms with Gasteiger partial charge >= 0.3 is 0 Å². The van der Waals surface area contributed by atoms with Gasteiger partial charge in [0.2, 0.25) is 11.6 Å². The van der Waals surface area contributed by atoms with Gasteiger partial charge in [-0.25, -0.2) is 0 Å². The molecule has 0 saturated heterocycles. The first-order valence-electron chi connectivity index (χ1n) is 3.60. The fraction of sp³-hybridized carbons (Fsp3) is 0.333. The van der Waals surface area contributed by atoms with Gasteiger partial charge in [0.25, 0.3) is 0 Å². The first-order chi connectivity index (χ1) is 5.13. The maximum Gasteiger partial charge on any atom is 0.229 e. The number of carbonyl (C=O) groups is 2. The summed E-state index contributed by atoms with van der Waals surface area (Å²) in [7, 11) is 0. The SMILES string of the molecule is CC(C)C1=CC=CC(=O)C1=O. The molecule has 0 spiro atoms. The lowest BCUT2D eigenvalue weighted by Gasteiger charge is -2.09. The van der Waals surface area contributed by atoms with Crippen molar-refractivity contribution in [2.45, 2.75) is 13.8 Å². The second kappa shape index (κ2) is 2.82. The van der Waals surface area contributed by atoms with Crippen LogP contribution < -0.4 is 0 Å². The number of carbonyl (C=O) groups excluding carboxylic acids is 2. The van der Waals surface area contributed by atoms with Crippen molar-refractivity contribution >= 4 is 11.6 Å². The van der Waals surface area contributed by atoms with Crippen molar-refractivity contribution in [2.24, 2.45) is 5.92 Å². The zero-order valence-corrected chi connectivity index (χ0v) is 6.63. The molecule has 1 aliphatic carbocycles. The number of hydrogen-bond donors (Lipinski definition) is 0. The smallest absolute Gasteiger partial charge is 0.229 e. The van der Waals surface area contributed by atoms with Crippen molar-refractivity contribution < 1.29 is 9.59 Å². The van der Waals surface area contributed by atoms with Crippen molar-refractivity contribution in [3.05, 3.63) is 23.8 Å². The van der Waals surface area contributed by atoms with E-state index < -0.39 is 5.78 Å². The lowest BCUT2D eigenvalue weighted by molar-refractivity contribution is -0.131. The van der Waals surface area contributed by atoms with Gasteiger partial charge < -0.3 is 0 Å². The van der Waals surface area contributed by atoms with Gasteiger partial charge in [0.15, 0.2) is 0 Å². The third-order valence-electron chi connectivity index (χ3n) is 1.63. The molecule has 2 heteroatoms. The number of rotatable bonds is 1. The Morgan fingerprint density at radius 3 is 2.36 bits per heavy atom. The molecule has 11 heavy (non-hydrogen) atoms. The molecule has 2 nitrogen and oxygen atoms in total. The van der Waals surface area contributed by atoms with E-state index in [2.05, 4.69) is 0 Å². The van der Waals surface area contributed by atoms with Crippen molar-refractivity contribution in [1.82, 2.24) is 0 Å². The van der Waals surface area contributed by atoms with E-state index in [4.69, 9.17) is 0 Å². The highest BCUT2D eigenvalue weighted by atomic mass is 16.2. The molecule has 0 aromatic rings. The van der Waals surface area contributed by atoms with Crippen LogP contribution in [0.1, 0.15) is 13.8 Å². The van der Waals surface area contributed by atoms with Crippen LogP contribution in [-0.4, -0.2) is 11.6 Å². The molecule has 0 N–H and O–H groups in total. The molecule has 0 saturated carbocycles. The molecule has 0 amide bonds. The number of hydrogen-bond acceptors (Lipinski definition) is 2. The Labute approximate surface area is 65.6 Å². The van der Waals surface area contributed by atoms with Gasteiger partial charge in [-0.1, -0.05) is 26.0 Å². The first-order valence-corrected chi connectivity index (χ1v) is 3.60. The van der Waals surface area contributed by atoms with Crippen LogP contribution in [0.15, 0.2) is 23.8 Å². The van der Waals surface area contributed by atoms with E-state index in [1.54, 1.807) is 12.2 Å². The summed E-state index contributed by atoms with van der Waals surface area (Å²) in [5, 5.41) is 0. The molecule has 0 radical (unpaired) electrons. The van der Waals surface area contributed by atoms with Crippen molar-refractivity contribution in [3.8, 4) is 0 Å². The van der Waals surface area contributed by atoms with Crippen molar-refractivity contribution in [2.75, 3.05) is 0 Å². The lowest BCUT2D eigenvalue weighted by Crippen LogP contribution is -2.19. The minimum Gasteiger partial charge on any atom is -0.286 e.